The van der Waals surface area contributed by atoms with Crippen LogP contribution in [0.1, 0.15) is 24.9 Å². The predicted octanol–water partition coefficient (Wildman–Crippen LogP) is 4.05. The zero-order chi connectivity index (χ0) is 23.7. The third kappa shape index (κ3) is 4.06. The van der Waals surface area contributed by atoms with Crippen molar-refractivity contribution in [2.45, 2.75) is 25.4 Å². The van der Waals surface area contributed by atoms with E-state index in [1.54, 1.807) is 13.2 Å². The summed E-state index contributed by atoms with van der Waals surface area (Å²) >= 11 is 0. The molecule has 2 atom stereocenters. The summed E-state index contributed by atoms with van der Waals surface area (Å²) in [5, 5.41) is 11.7. The lowest BCUT2D eigenvalue weighted by Crippen LogP contribution is -2.39. The van der Waals surface area contributed by atoms with Crippen molar-refractivity contribution in [3.63, 3.8) is 0 Å². The highest BCUT2D eigenvalue weighted by atomic mass is 16.5. The lowest BCUT2D eigenvalue weighted by Gasteiger charge is -2.21. The molecule has 172 valence electrons. The molecule has 0 spiro atoms. The van der Waals surface area contributed by atoms with Crippen molar-refractivity contribution in [3.8, 4) is 17.0 Å². The van der Waals surface area contributed by atoms with Gasteiger partial charge in [0.2, 0.25) is 5.91 Å². The number of rotatable bonds is 6. The van der Waals surface area contributed by atoms with Crippen LogP contribution in [0.5, 0.6) is 5.75 Å². The molecule has 7 heteroatoms. The lowest BCUT2D eigenvalue weighted by atomic mass is 10.0. The van der Waals surface area contributed by atoms with Crippen LogP contribution in [0.3, 0.4) is 0 Å². The number of nitrogens with one attached hydrogen (secondary N) is 2. The molecule has 2 N–H and O–H groups in total. The molecule has 7 nitrogen and oxygen atoms in total. The van der Waals surface area contributed by atoms with Gasteiger partial charge in [0.05, 0.1) is 24.2 Å². The van der Waals surface area contributed by atoms with Crippen molar-refractivity contribution in [2.24, 2.45) is 0 Å². The molecule has 0 aliphatic carbocycles. The number of aromatic amines is 1. The Balaban J connectivity index is 1.32. The van der Waals surface area contributed by atoms with Gasteiger partial charge in [-0.3, -0.25) is 14.9 Å². The van der Waals surface area contributed by atoms with Crippen molar-refractivity contribution in [1.82, 2.24) is 15.5 Å². The van der Waals surface area contributed by atoms with Gasteiger partial charge in [0.25, 0.3) is 5.56 Å². The second-order valence-electron chi connectivity index (χ2n) is 8.49. The summed E-state index contributed by atoms with van der Waals surface area (Å²) in [5.74, 6) is 0.866. The zero-order valence-corrected chi connectivity index (χ0v) is 19.1. The Bertz CT molecular complexity index is 1400. The highest BCUT2D eigenvalue weighted by molar-refractivity contribution is 6.00. The number of methoxy groups -OCH3 is 1. The van der Waals surface area contributed by atoms with Crippen LogP contribution in [0.25, 0.3) is 22.0 Å². The quantitative estimate of drug-likeness (QED) is 0.459. The first-order valence-corrected chi connectivity index (χ1v) is 11.3. The Hall–Kier alpha value is -3.97. The molecule has 1 unspecified atom stereocenters. The van der Waals surface area contributed by atoms with Crippen LogP contribution < -0.4 is 20.5 Å². The van der Waals surface area contributed by atoms with E-state index in [2.05, 4.69) is 22.4 Å². The smallest absolute Gasteiger partial charge is 0.272 e. The van der Waals surface area contributed by atoms with Crippen LogP contribution in [0.2, 0.25) is 0 Å². The van der Waals surface area contributed by atoms with Crippen molar-refractivity contribution < 1.29 is 9.53 Å². The third-order valence-corrected chi connectivity index (χ3v) is 6.40. The SMILES string of the molecule is COc1cccc([C@@H](C)NC2CCN(c3ccc(-c4n[nH]c(=O)c5ccccc45)cc3)C2=O)c1. The van der Waals surface area contributed by atoms with E-state index in [9.17, 15) is 9.59 Å². The van der Waals surface area contributed by atoms with Crippen molar-refractivity contribution in [1.29, 1.82) is 0 Å². The number of H-pyrrole nitrogens is 1. The van der Waals surface area contributed by atoms with Crippen LogP contribution in [-0.2, 0) is 4.79 Å². The van der Waals surface area contributed by atoms with Crippen LogP contribution in [-0.4, -0.2) is 35.8 Å². The van der Waals surface area contributed by atoms with E-state index < -0.39 is 0 Å². The van der Waals surface area contributed by atoms with Gasteiger partial charge in [-0.2, -0.15) is 5.10 Å². The Morgan fingerprint density at radius 1 is 1.03 bits per heavy atom. The largest absolute Gasteiger partial charge is 0.497 e. The maximum absolute atomic E-state index is 13.1. The summed E-state index contributed by atoms with van der Waals surface area (Å²) < 4.78 is 5.32. The minimum absolute atomic E-state index is 0.0194. The number of nitrogens with zero attached hydrogens (tertiary/aromatic N) is 2. The monoisotopic (exact) mass is 454 g/mol. The van der Waals surface area contributed by atoms with Gasteiger partial charge in [-0.05, 0) is 49.2 Å². The fraction of sp³-hybridized carbons (Fsp3) is 0.222. The van der Waals surface area contributed by atoms with Crippen LogP contribution in [0.4, 0.5) is 5.69 Å². The van der Waals surface area contributed by atoms with Crippen LogP contribution >= 0.6 is 0 Å². The minimum atomic E-state index is -0.245. The first-order valence-electron chi connectivity index (χ1n) is 11.3. The van der Waals surface area contributed by atoms with E-state index in [-0.39, 0.29) is 23.6 Å². The fourth-order valence-corrected chi connectivity index (χ4v) is 4.53. The van der Waals surface area contributed by atoms with E-state index in [1.165, 1.54) is 0 Å². The number of hydrogen-bond donors (Lipinski definition) is 2. The van der Waals surface area contributed by atoms with Crippen LogP contribution in [0.15, 0.2) is 77.6 Å². The number of benzene rings is 3. The molecule has 0 saturated carbocycles. The minimum Gasteiger partial charge on any atom is -0.497 e. The van der Waals surface area contributed by atoms with Crippen molar-refractivity contribution in [2.75, 3.05) is 18.6 Å². The van der Waals surface area contributed by atoms with Gasteiger partial charge in [0.15, 0.2) is 0 Å². The van der Waals surface area contributed by atoms with Gasteiger partial charge >= 0.3 is 0 Å². The summed E-state index contributed by atoms with van der Waals surface area (Å²) in [5.41, 5.74) is 3.31. The van der Waals surface area contributed by atoms with Gasteiger partial charge < -0.3 is 9.64 Å². The Labute approximate surface area is 197 Å². The third-order valence-electron chi connectivity index (χ3n) is 6.40. The molecule has 3 aromatic carbocycles. The number of ether oxygens (including phenoxy) is 1. The summed E-state index contributed by atoms with van der Waals surface area (Å²) in [6.07, 6.45) is 0.737. The molecule has 0 bridgehead atoms. The Morgan fingerprint density at radius 3 is 2.56 bits per heavy atom. The summed E-state index contributed by atoms with van der Waals surface area (Å²) in [7, 11) is 1.65. The van der Waals surface area contributed by atoms with Crippen molar-refractivity contribution in [3.05, 3.63) is 88.7 Å². The molecule has 1 aliphatic heterocycles. The van der Waals surface area contributed by atoms with E-state index in [1.807, 2.05) is 71.6 Å². The molecule has 0 radical (unpaired) electrons. The standard InChI is InChI=1S/C27H26N4O3/c1-17(19-6-5-7-21(16-19)34-2)28-24-14-15-31(27(24)33)20-12-10-18(11-13-20)25-22-8-3-4-9-23(22)26(32)30-29-25/h3-13,16-17,24,28H,14-15H2,1-2H3,(H,30,32)/t17-,24?/m1/s1. The fourth-order valence-electron chi connectivity index (χ4n) is 4.53. The molecular formula is C27H26N4O3. The van der Waals surface area contributed by atoms with E-state index >= 15 is 0 Å². The van der Waals surface area contributed by atoms with Gasteiger partial charge in [-0.25, -0.2) is 5.10 Å². The maximum Gasteiger partial charge on any atom is 0.272 e. The summed E-state index contributed by atoms with van der Waals surface area (Å²) in [6, 6.07) is 22.8. The van der Waals surface area contributed by atoms with Gasteiger partial charge in [-0.1, -0.05) is 42.5 Å². The lowest BCUT2D eigenvalue weighted by molar-refractivity contribution is -0.119. The number of amides is 1. The number of anilines is 1. The molecule has 1 fully saturated rings. The highest BCUT2D eigenvalue weighted by Gasteiger charge is 2.33. The number of fused-ring (bicyclic) bond motifs is 1. The number of hydrogen-bond acceptors (Lipinski definition) is 5. The molecule has 1 amide bonds. The Kier molecular flexibility index (Phi) is 5.86. The van der Waals surface area contributed by atoms with E-state index in [0.29, 0.717) is 17.6 Å². The molecule has 5 rings (SSSR count). The number of carbonyl (C=O) groups excluding carboxylic acids is 1. The molecule has 2 heterocycles. The van der Waals surface area contributed by atoms with E-state index in [4.69, 9.17) is 4.74 Å². The summed E-state index contributed by atoms with van der Waals surface area (Å²) in [6.45, 7) is 2.71. The van der Waals surface area contributed by atoms with Crippen molar-refractivity contribution >= 4 is 22.4 Å². The second-order valence-corrected chi connectivity index (χ2v) is 8.49. The average Bonchev–Trinajstić information content (AvgIpc) is 3.24. The first-order chi connectivity index (χ1) is 16.5. The Morgan fingerprint density at radius 2 is 1.79 bits per heavy atom. The number of carbonyl (C=O) groups is 1. The van der Waals surface area contributed by atoms with Gasteiger partial charge in [-0.15, -0.1) is 0 Å². The van der Waals surface area contributed by atoms with E-state index in [0.717, 1.165) is 34.4 Å². The topological polar surface area (TPSA) is 87.3 Å². The summed E-state index contributed by atoms with van der Waals surface area (Å²) in [4.78, 5) is 27.0. The van der Waals surface area contributed by atoms with Crippen LogP contribution in [0, 0.1) is 0 Å². The maximum atomic E-state index is 13.1. The molecule has 1 aliphatic rings. The zero-order valence-electron chi connectivity index (χ0n) is 19.1. The normalized spacial score (nSPS) is 16.7. The molecule has 34 heavy (non-hydrogen) atoms. The van der Waals surface area contributed by atoms with Gasteiger partial charge in [0.1, 0.15) is 5.75 Å². The predicted molar refractivity (Wildman–Crippen MR) is 133 cm³/mol. The molecule has 1 saturated heterocycles. The van der Waals surface area contributed by atoms with Gasteiger partial charge in [0, 0.05) is 29.2 Å². The highest BCUT2D eigenvalue weighted by Crippen LogP contribution is 2.29. The molecule has 4 aromatic rings. The average molecular weight is 455 g/mol. The number of aromatic nitrogens is 2. The molecule has 1 aromatic heterocycles. The molecular weight excluding hydrogens is 428 g/mol. The second kappa shape index (κ2) is 9.11. The first kappa shape index (κ1) is 21.9.